The van der Waals surface area contributed by atoms with Gasteiger partial charge in [0, 0.05) is 23.7 Å². The lowest BCUT2D eigenvalue weighted by Crippen LogP contribution is -2.19. The molecular formula is C38H42N2. The van der Waals surface area contributed by atoms with Crippen molar-refractivity contribution < 1.29 is 0 Å². The molecule has 0 saturated heterocycles. The molecule has 2 bridgehead atoms. The average Bonchev–Trinajstić information content (AvgIpc) is 3.34. The number of pyridine rings is 1. The fourth-order valence-electron chi connectivity index (χ4n) is 6.92. The number of benzene rings is 2. The van der Waals surface area contributed by atoms with Gasteiger partial charge in [0.2, 0.25) is 0 Å². The van der Waals surface area contributed by atoms with E-state index in [0.717, 1.165) is 37.3 Å². The number of hydrogen-bond donors (Lipinski definition) is 1. The van der Waals surface area contributed by atoms with Crippen LogP contribution < -0.4 is 5.32 Å². The number of hydrogen-bond acceptors (Lipinski definition) is 2. The zero-order chi connectivity index (χ0) is 27.5. The first-order chi connectivity index (χ1) is 19.6. The fourth-order valence-corrected chi connectivity index (χ4v) is 6.92. The van der Waals surface area contributed by atoms with Crippen LogP contribution in [-0.4, -0.2) is 18.1 Å². The number of allylic oxidation sites excluding steroid dienone is 5. The second-order valence-electron chi connectivity index (χ2n) is 11.7. The van der Waals surface area contributed by atoms with Gasteiger partial charge in [-0.05, 0) is 109 Å². The molecule has 2 unspecified atom stereocenters. The normalized spacial score (nSPS) is 20.7. The Bertz CT molecular complexity index is 1500. The molecule has 6 rings (SSSR count). The standard InChI is InChI=1S/C38H42N2/c1-4-6-7-10-36(38-11-8-9-26(3)40-38)34(5-2)30-16-17-35-31(22-30)23-32-24-33(35)25-37(32)29-14-12-27(13-15-29)28-18-20-39-21-19-28/h5,8-18,22-23,33,37,39H,4,6-7,19-21,24-25H2,1-3H3/b34-5-,36-10+. The van der Waals surface area contributed by atoms with Crippen molar-refractivity contribution in [1.29, 1.82) is 0 Å². The molecule has 0 spiro atoms. The van der Waals surface area contributed by atoms with Gasteiger partial charge in [-0.2, -0.15) is 0 Å². The highest BCUT2D eigenvalue weighted by Gasteiger charge is 2.35. The van der Waals surface area contributed by atoms with E-state index in [0.29, 0.717) is 11.8 Å². The van der Waals surface area contributed by atoms with Crippen molar-refractivity contribution in [3.63, 3.8) is 0 Å². The van der Waals surface area contributed by atoms with Gasteiger partial charge in [0.1, 0.15) is 0 Å². The Morgan fingerprint density at radius 2 is 1.93 bits per heavy atom. The maximum absolute atomic E-state index is 4.92. The van der Waals surface area contributed by atoms with E-state index in [4.69, 9.17) is 4.98 Å². The molecule has 1 aromatic heterocycles. The van der Waals surface area contributed by atoms with Crippen LogP contribution in [0.5, 0.6) is 0 Å². The van der Waals surface area contributed by atoms with E-state index in [9.17, 15) is 0 Å². The van der Waals surface area contributed by atoms with Gasteiger partial charge in [0.15, 0.2) is 0 Å². The van der Waals surface area contributed by atoms with E-state index in [2.05, 4.69) is 111 Å². The van der Waals surface area contributed by atoms with E-state index in [1.165, 1.54) is 70.2 Å². The molecule has 2 nitrogen and oxygen atoms in total. The third-order valence-corrected chi connectivity index (χ3v) is 9.03. The quantitative estimate of drug-likeness (QED) is 0.233. The topological polar surface area (TPSA) is 24.9 Å². The Balaban J connectivity index is 1.29. The van der Waals surface area contributed by atoms with Crippen molar-refractivity contribution in [2.75, 3.05) is 13.1 Å². The molecule has 0 amide bonds. The maximum atomic E-state index is 4.92. The van der Waals surface area contributed by atoms with Crippen LogP contribution in [0.15, 0.2) is 84.5 Å². The SMILES string of the molecule is C/C=C(\C(=C/CCCC)c1cccc(C)n1)c1ccc2c(c1)C=C1CC2CC1c1ccc(C2=CCNCC2)cc1. The monoisotopic (exact) mass is 526 g/mol. The summed E-state index contributed by atoms with van der Waals surface area (Å²) in [6.07, 6.45) is 16.5. The Hall–Kier alpha value is -3.49. The Morgan fingerprint density at radius 1 is 1.05 bits per heavy atom. The van der Waals surface area contributed by atoms with Gasteiger partial charge < -0.3 is 5.32 Å². The molecule has 3 aliphatic rings. The average molecular weight is 527 g/mol. The molecule has 204 valence electrons. The van der Waals surface area contributed by atoms with Crippen LogP contribution in [0.3, 0.4) is 0 Å². The summed E-state index contributed by atoms with van der Waals surface area (Å²) in [5, 5.41) is 3.42. The number of unbranched alkanes of at least 4 members (excludes halogenated alkanes) is 2. The van der Waals surface area contributed by atoms with E-state index < -0.39 is 0 Å². The molecule has 1 N–H and O–H groups in total. The number of rotatable bonds is 8. The Morgan fingerprint density at radius 3 is 2.67 bits per heavy atom. The fraction of sp³-hybridized carbons (Fsp3) is 0.342. The van der Waals surface area contributed by atoms with Crippen LogP contribution in [0.2, 0.25) is 0 Å². The van der Waals surface area contributed by atoms with Gasteiger partial charge in [-0.3, -0.25) is 4.98 Å². The largest absolute Gasteiger partial charge is 0.313 e. The predicted octanol–water partition coefficient (Wildman–Crippen LogP) is 9.50. The van der Waals surface area contributed by atoms with Gasteiger partial charge in [0.05, 0.1) is 5.69 Å². The van der Waals surface area contributed by atoms with E-state index in [1.54, 1.807) is 5.57 Å². The van der Waals surface area contributed by atoms with Gasteiger partial charge in [-0.15, -0.1) is 0 Å². The summed E-state index contributed by atoms with van der Waals surface area (Å²) in [6.45, 7) is 8.57. The molecule has 2 heterocycles. The second-order valence-corrected chi connectivity index (χ2v) is 11.7. The second kappa shape index (κ2) is 11.9. The minimum Gasteiger partial charge on any atom is -0.313 e. The van der Waals surface area contributed by atoms with Crippen molar-refractivity contribution in [3.05, 3.63) is 124 Å². The maximum Gasteiger partial charge on any atom is 0.0708 e. The number of nitrogens with zero attached hydrogens (tertiary/aromatic N) is 1. The van der Waals surface area contributed by atoms with Crippen LogP contribution in [0, 0.1) is 6.92 Å². The molecule has 2 aromatic carbocycles. The molecule has 1 fully saturated rings. The number of aryl methyl sites for hydroxylation is 1. The van der Waals surface area contributed by atoms with Crippen molar-refractivity contribution >= 4 is 22.8 Å². The van der Waals surface area contributed by atoms with Crippen LogP contribution in [0.25, 0.3) is 22.8 Å². The lowest BCUT2D eigenvalue weighted by molar-refractivity contribution is 0.691. The summed E-state index contributed by atoms with van der Waals surface area (Å²) < 4.78 is 0. The summed E-state index contributed by atoms with van der Waals surface area (Å²) in [6, 6.07) is 23.1. The highest BCUT2D eigenvalue weighted by Crippen LogP contribution is 2.52. The molecule has 2 atom stereocenters. The molecule has 3 aromatic rings. The highest BCUT2D eigenvalue weighted by atomic mass is 14.8. The minimum atomic E-state index is 0.527. The minimum absolute atomic E-state index is 0.527. The first-order valence-corrected chi connectivity index (χ1v) is 15.3. The number of aromatic nitrogens is 1. The smallest absolute Gasteiger partial charge is 0.0708 e. The Labute approximate surface area is 240 Å². The van der Waals surface area contributed by atoms with Crippen molar-refractivity contribution in [2.45, 2.75) is 71.1 Å². The summed E-state index contributed by atoms with van der Waals surface area (Å²) in [7, 11) is 0. The van der Waals surface area contributed by atoms with Crippen LogP contribution in [0.1, 0.15) is 103 Å². The third-order valence-electron chi connectivity index (χ3n) is 9.03. The van der Waals surface area contributed by atoms with Crippen LogP contribution >= 0.6 is 0 Å². The lowest BCUT2D eigenvalue weighted by Gasteiger charge is -2.20. The molecule has 2 heteroatoms. The summed E-state index contributed by atoms with van der Waals surface area (Å²) in [5.74, 6) is 1.15. The highest BCUT2D eigenvalue weighted by molar-refractivity contribution is 6.04. The zero-order valence-electron chi connectivity index (χ0n) is 24.3. The molecule has 2 aliphatic carbocycles. The number of fused-ring (bicyclic) bond motifs is 4. The summed E-state index contributed by atoms with van der Waals surface area (Å²) in [5.41, 5.74) is 14.8. The first-order valence-electron chi connectivity index (χ1n) is 15.3. The van der Waals surface area contributed by atoms with Crippen molar-refractivity contribution in [2.24, 2.45) is 0 Å². The molecule has 1 aliphatic heterocycles. The van der Waals surface area contributed by atoms with E-state index in [-0.39, 0.29) is 0 Å². The van der Waals surface area contributed by atoms with Gasteiger partial charge in [0.25, 0.3) is 0 Å². The van der Waals surface area contributed by atoms with Gasteiger partial charge >= 0.3 is 0 Å². The number of nitrogens with one attached hydrogen (secondary N) is 1. The van der Waals surface area contributed by atoms with Crippen molar-refractivity contribution in [1.82, 2.24) is 10.3 Å². The van der Waals surface area contributed by atoms with Crippen LogP contribution in [-0.2, 0) is 0 Å². The van der Waals surface area contributed by atoms with Crippen LogP contribution in [0.4, 0.5) is 0 Å². The third kappa shape index (κ3) is 5.43. The zero-order valence-corrected chi connectivity index (χ0v) is 24.3. The lowest BCUT2D eigenvalue weighted by atomic mass is 9.85. The predicted molar refractivity (Wildman–Crippen MR) is 171 cm³/mol. The summed E-state index contributed by atoms with van der Waals surface area (Å²) >= 11 is 0. The molecular weight excluding hydrogens is 484 g/mol. The molecule has 1 saturated carbocycles. The molecule has 40 heavy (non-hydrogen) atoms. The van der Waals surface area contributed by atoms with Gasteiger partial charge in [-0.1, -0.05) is 92.1 Å². The van der Waals surface area contributed by atoms with Gasteiger partial charge in [-0.25, -0.2) is 0 Å². The van der Waals surface area contributed by atoms with E-state index >= 15 is 0 Å². The van der Waals surface area contributed by atoms with E-state index in [1.807, 2.05) is 0 Å². The Kier molecular flexibility index (Phi) is 7.98. The first kappa shape index (κ1) is 26.7. The summed E-state index contributed by atoms with van der Waals surface area (Å²) in [4.78, 5) is 4.92. The molecule has 0 radical (unpaired) electrons. The van der Waals surface area contributed by atoms with Crippen molar-refractivity contribution in [3.8, 4) is 0 Å².